The molecule has 0 saturated heterocycles. The third-order valence-electron chi connectivity index (χ3n) is 3.03. The molecule has 16 heavy (non-hydrogen) atoms. The molecule has 0 unspecified atom stereocenters. The number of carbonyl (C=O) groups excluding carboxylic acids is 1. The fraction of sp³-hybridized carbons (Fsp3) is 0.462. The normalized spacial score (nSPS) is 24.3. The second-order valence-electron chi connectivity index (χ2n) is 4.36. The Balaban J connectivity index is 1.80. The van der Waals surface area contributed by atoms with Crippen LogP contribution in [-0.4, -0.2) is 12.0 Å². The van der Waals surface area contributed by atoms with Gasteiger partial charge in [-0.2, -0.15) is 0 Å². The minimum atomic E-state index is -0.100. The summed E-state index contributed by atoms with van der Waals surface area (Å²) in [5, 5.41) is 0. The Labute approximate surface area is 95.6 Å². The van der Waals surface area contributed by atoms with Gasteiger partial charge in [-0.05, 0) is 24.8 Å². The molecule has 1 fully saturated rings. The molecule has 1 aromatic carbocycles. The summed E-state index contributed by atoms with van der Waals surface area (Å²) in [5.74, 6) is -0.0875. The minimum absolute atomic E-state index is 0.0127. The SMILES string of the molecule is N[C@H]1CC[C@@H](C(=O)OCc2ccccc2)C1. The van der Waals surface area contributed by atoms with Crippen molar-refractivity contribution in [3.8, 4) is 0 Å². The Hall–Kier alpha value is -1.35. The number of hydrogen-bond acceptors (Lipinski definition) is 3. The Morgan fingerprint density at radius 2 is 2.06 bits per heavy atom. The molecule has 1 aromatic rings. The predicted molar refractivity (Wildman–Crippen MR) is 61.6 cm³/mol. The van der Waals surface area contributed by atoms with E-state index in [1.54, 1.807) is 0 Å². The molecular formula is C13H17NO2. The molecule has 1 saturated carbocycles. The Bertz CT molecular complexity index is 350. The van der Waals surface area contributed by atoms with Crippen molar-refractivity contribution in [1.29, 1.82) is 0 Å². The minimum Gasteiger partial charge on any atom is -0.461 e. The first-order valence-corrected chi connectivity index (χ1v) is 5.72. The third-order valence-corrected chi connectivity index (χ3v) is 3.03. The van der Waals surface area contributed by atoms with Crippen molar-refractivity contribution in [2.45, 2.75) is 31.9 Å². The summed E-state index contributed by atoms with van der Waals surface area (Å²) < 4.78 is 5.27. The van der Waals surface area contributed by atoms with E-state index in [9.17, 15) is 4.79 Å². The van der Waals surface area contributed by atoms with Gasteiger partial charge in [0.15, 0.2) is 0 Å². The van der Waals surface area contributed by atoms with Crippen molar-refractivity contribution in [3.63, 3.8) is 0 Å². The number of ether oxygens (including phenoxy) is 1. The number of esters is 1. The third kappa shape index (κ3) is 2.83. The number of rotatable bonds is 3. The van der Waals surface area contributed by atoms with Gasteiger partial charge in [-0.3, -0.25) is 4.79 Å². The lowest BCUT2D eigenvalue weighted by atomic mass is 10.1. The average Bonchev–Trinajstić information content (AvgIpc) is 2.74. The van der Waals surface area contributed by atoms with Crippen LogP contribution in [0, 0.1) is 5.92 Å². The molecule has 1 aliphatic carbocycles. The summed E-state index contributed by atoms with van der Waals surface area (Å²) in [6.45, 7) is 0.366. The van der Waals surface area contributed by atoms with Crippen LogP contribution >= 0.6 is 0 Å². The maximum absolute atomic E-state index is 11.7. The lowest BCUT2D eigenvalue weighted by Crippen LogP contribution is -2.19. The van der Waals surface area contributed by atoms with Crippen molar-refractivity contribution in [1.82, 2.24) is 0 Å². The van der Waals surface area contributed by atoms with Gasteiger partial charge in [-0.15, -0.1) is 0 Å². The van der Waals surface area contributed by atoms with Crippen LogP contribution in [-0.2, 0) is 16.1 Å². The molecule has 0 heterocycles. The number of nitrogens with two attached hydrogens (primary N) is 1. The molecule has 2 N–H and O–H groups in total. The fourth-order valence-corrected chi connectivity index (χ4v) is 2.08. The molecule has 1 aliphatic rings. The van der Waals surface area contributed by atoms with E-state index in [1.165, 1.54) is 0 Å². The summed E-state index contributed by atoms with van der Waals surface area (Å²) >= 11 is 0. The van der Waals surface area contributed by atoms with Crippen LogP contribution in [0.3, 0.4) is 0 Å². The van der Waals surface area contributed by atoms with Crippen LogP contribution in [0.1, 0.15) is 24.8 Å². The van der Waals surface area contributed by atoms with Gasteiger partial charge < -0.3 is 10.5 Å². The van der Waals surface area contributed by atoms with E-state index in [-0.39, 0.29) is 17.9 Å². The van der Waals surface area contributed by atoms with E-state index >= 15 is 0 Å². The summed E-state index contributed by atoms with van der Waals surface area (Å²) in [7, 11) is 0. The highest BCUT2D eigenvalue weighted by Crippen LogP contribution is 2.25. The van der Waals surface area contributed by atoms with Crippen molar-refractivity contribution < 1.29 is 9.53 Å². The highest BCUT2D eigenvalue weighted by atomic mass is 16.5. The molecule has 0 aromatic heterocycles. The van der Waals surface area contributed by atoms with Crippen molar-refractivity contribution >= 4 is 5.97 Å². The second kappa shape index (κ2) is 5.12. The zero-order chi connectivity index (χ0) is 11.4. The first-order chi connectivity index (χ1) is 7.75. The van der Waals surface area contributed by atoms with Crippen LogP contribution in [0.4, 0.5) is 0 Å². The van der Waals surface area contributed by atoms with Crippen molar-refractivity contribution in [3.05, 3.63) is 35.9 Å². The molecule has 0 radical (unpaired) electrons. The zero-order valence-electron chi connectivity index (χ0n) is 9.26. The van der Waals surface area contributed by atoms with E-state index in [2.05, 4.69) is 0 Å². The van der Waals surface area contributed by atoms with E-state index in [1.807, 2.05) is 30.3 Å². The molecule has 0 aliphatic heterocycles. The quantitative estimate of drug-likeness (QED) is 0.789. The van der Waals surface area contributed by atoms with Gasteiger partial charge in [0.05, 0.1) is 5.92 Å². The number of hydrogen-bond donors (Lipinski definition) is 1. The largest absolute Gasteiger partial charge is 0.461 e. The van der Waals surface area contributed by atoms with Gasteiger partial charge in [0, 0.05) is 6.04 Å². The standard InChI is InChI=1S/C13H17NO2/c14-12-7-6-11(8-12)13(15)16-9-10-4-2-1-3-5-10/h1-5,11-12H,6-9,14H2/t11-,12+/m1/s1. The van der Waals surface area contributed by atoms with Gasteiger partial charge in [0.25, 0.3) is 0 Å². The van der Waals surface area contributed by atoms with Crippen LogP contribution < -0.4 is 5.73 Å². The maximum atomic E-state index is 11.7. The molecule has 0 bridgehead atoms. The maximum Gasteiger partial charge on any atom is 0.309 e. The summed E-state index contributed by atoms with van der Waals surface area (Å²) in [6.07, 6.45) is 2.58. The molecular weight excluding hydrogens is 202 g/mol. The molecule has 86 valence electrons. The van der Waals surface area contributed by atoms with Crippen molar-refractivity contribution in [2.24, 2.45) is 11.7 Å². The topological polar surface area (TPSA) is 52.3 Å². The monoisotopic (exact) mass is 219 g/mol. The number of carbonyl (C=O) groups is 1. The summed E-state index contributed by atoms with van der Waals surface area (Å²) in [4.78, 5) is 11.7. The first kappa shape index (κ1) is 11.1. The van der Waals surface area contributed by atoms with Crippen LogP contribution in [0.25, 0.3) is 0 Å². The summed E-state index contributed by atoms with van der Waals surface area (Å²) in [6, 6.07) is 9.90. The lowest BCUT2D eigenvalue weighted by molar-refractivity contribution is -0.149. The number of benzene rings is 1. The molecule has 0 spiro atoms. The average molecular weight is 219 g/mol. The van der Waals surface area contributed by atoms with Gasteiger partial charge in [-0.25, -0.2) is 0 Å². The van der Waals surface area contributed by atoms with Crippen LogP contribution in [0.15, 0.2) is 30.3 Å². The Kier molecular flexibility index (Phi) is 3.57. The van der Waals surface area contributed by atoms with Crippen molar-refractivity contribution in [2.75, 3.05) is 0 Å². The Morgan fingerprint density at radius 1 is 1.31 bits per heavy atom. The highest BCUT2D eigenvalue weighted by molar-refractivity contribution is 5.72. The molecule has 3 nitrogen and oxygen atoms in total. The first-order valence-electron chi connectivity index (χ1n) is 5.72. The van der Waals surface area contributed by atoms with Crippen LogP contribution in [0.2, 0.25) is 0 Å². The van der Waals surface area contributed by atoms with E-state index < -0.39 is 0 Å². The molecule has 0 amide bonds. The van der Waals surface area contributed by atoms with E-state index in [4.69, 9.17) is 10.5 Å². The van der Waals surface area contributed by atoms with E-state index in [0.717, 1.165) is 24.8 Å². The smallest absolute Gasteiger partial charge is 0.309 e. The highest BCUT2D eigenvalue weighted by Gasteiger charge is 2.28. The van der Waals surface area contributed by atoms with Gasteiger partial charge in [-0.1, -0.05) is 30.3 Å². The summed E-state index contributed by atoms with van der Waals surface area (Å²) in [5.41, 5.74) is 6.79. The lowest BCUT2D eigenvalue weighted by Gasteiger charge is -2.09. The van der Waals surface area contributed by atoms with Gasteiger partial charge in [0.2, 0.25) is 0 Å². The van der Waals surface area contributed by atoms with Gasteiger partial charge in [0.1, 0.15) is 6.61 Å². The van der Waals surface area contributed by atoms with Gasteiger partial charge >= 0.3 is 5.97 Å². The molecule has 3 heteroatoms. The molecule has 2 rings (SSSR count). The molecule has 2 atom stereocenters. The second-order valence-corrected chi connectivity index (χ2v) is 4.36. The predicted octanol–water partition coefficient (Wildman–Crippen LogP) is 1.86. The van der Waals surface area contributed by atoms with Crippen LogP contribution in [0.5, 0.6) is 0 Å². The Morgan fingerprint density at radius 3 is 2.69 bits per heavy atom. The van der Waals surface area contributed by atoms with E-state index in [0.29, 0.717) is 6.61 Å². The zero-order valence-corrected chi connectivity index (χ0v) is 9.26. The fourth-order valence-electron chi connectivity index (χ4n) is 2.08.